The van der Waals surface area contributed by atoms with E-state index < -0.39 is 44.2 Å². The third kappa shape index (κ3) is 3.00. The average molecular weight is 502 g/mol. The summed E-state index contributed by atoms with van der Waals surface area (Å²) in [6.45, 7) is 0.275. The molecule has 0 spiro atoms. The summed E-state index contributed by atoms with van der Waals surface area (Å²) < 4.78 is 119. The Morgan fingerprint density at radius 3 is 2.09 bits per heavy atom. The van der Waals surface area contributed by atoms with Crippen molar-refractivity contribution in [2.75, 3.05) is 6.54 Å². The van der Waals surface area contributed by atoms with Crippen LogP contribution in [-0.4, -0.2) is 33.4 Å². The molecule has 4 rings (SSSR count). The number of halogens is 8. The monoisotopic (exact) mass is 501 g/mol. The van der Waals surface area contributed by atoms with Gasteiger partial charge in [-0.15, -0.1) is 0 Å². The summed E-state index contributed by atoms with van der Waals surface area (Å²) in [5, 5.41) is 3.26. The van der Waals surface area contributed by atoms with Crippen molar-refractivity contribution in [1.82, 2.24) is 5.32 Å². The Hall–Kier alpha value is -1.85. The van der Waals surface area contributed by atoms with Gasteiger partial charge in [0.1, 0.15) is 4.75 Å². The van der Waals surface area contributed by atoms with E-state index in [1.165, 1.54) is 24.3 Å². The van der Waals surface area contributed by atoms with E-state index in [2.05, 4.69) is 5.32 Å². The third-order valence-corrected chi connectivity index (χ3v) is 9.03. The zero-order chi connectivity index (χ0) is 23.7. The number of nitrogens with one attached hydrogen (secondary N) is 1. The van der Waals surface area contributed by atoms with E-state index in [4.69, 9.17) is 11.6 Å². The average Bonchev–Trinajstić information content (AvgIpc) is 3.23. The van der Waals surface area contributed by atoms with E-state index in [1.54, 1.807) is 0 Å². The van der Waals surface area contributed by atoms with Gasteiger partial charge in [0, 0.05) is 16.6 Å². The molecule has 1 aliphatic heterocycles. The molecule has 0 radical (unpaired) electrons. The Labute approximate surface area is 183 Å². The second-order valence-corrected chi connectivity index (χ2v) is 10.5. The fourth-order valence-corrected chi connectivity index (χ4v) is 7.16. The number of sulfone groups is 1. The molecule has 2 unspecified atom stereocenters. The van der Waals surface area contributed by atoms with Gasteiger partial charge >= 0.3 is 18.0 Å². The van der Waals surface area contributed by atoms with E-state index >= 15 is 0 Å². The van der Waals surface area contributed by atoms with Crippen molar-refractivity contribution in [2.45, 2.75) is 46.5 Å². The molecule has 2 aliphatic rings. The van der Waals surface area contributed by atoms with Crippen LogP contribution >= 0.6 is 11.6 Å². The highest BCUT2D eigenvalue weighted by atomic mass is 35.5. The van der Waals surface area contributed by atoms with Crippen molar-refractivity contribution in [3.8, 4) is 0 Å². The van der Waals surface area contributed by atoms with E-state index in [1.807, 2.05) is 0 Å². The molecular formula is C20H15ClF7NO2S. The number of alkyl halides is 7. The first-order valence-corrected chi connectivity index (χ1v) is 11.2. The molecule has 1 aliphatic carbocycles. The molecule has 1 N–H and O–H groups in total. The molecule has 0 bridgehead atoms. The summed E-state index contributed by atoms with van der Waals surface area (Å²) in [5.74, 6) is 0. The lowest BCUT2D eigenvalue weighted by atomic mass is 9.90. The maximum Gasteiger partial charge on any atom is 0.435 e. The van der Waals surface area contributed by atoms with Gasteiger partial charge in [0.05, 0.1) is 4.90 Å². The molecule has 0 saturated carbocycles. The Morgan fingerprint density at radius 2 is 1.53 bits per heavy atom. The van der Waals surface area contributed by atoms with Gasteiger partial charge in [-0.1, -0.05) is 29.8 Å². The summed E-state index contributed by atoms with van der Waals surface area (Å²) in [6, 6.07) is 6.24. The lowest BCUT2D eigenvalue weighted by Crippen LogP contribution is -2.50. The van der Waals surface area contributed by atoms with Gasteiger partial charge in [0.15, 0.2) is 9.84 Å². The minimum absolute atomic E-state index is 0.0499. The highest BCUT2D eigenvalue weighted by Gasteiger charge is 2.73. The van der Waals surface area contributed by atoms with Crippen LogP contribution < -0.4 is 5.32 Å². The lowest BCUT2D eigenvalue weighted by Gasteiger charge is -2.32. The maximum absolute atomic E-state index is 14.5. The number of hydrogen-bond donors (Lipinski definition) is 1. The second-order valence-electron chi connectivity index (χ2n) is 7.83. The van der Waals surface area contributed by atoms with Gasteiger partial charge < -0.3 is 5.32 Å². The minimum Gasteiger partial charge on any atom is -0.312 e. The summed E-state index contributed by atoms with van der Waals surface area (Å²) in [7, 11) is -4.13. The van der Waals surface area contributed by atoms with E-state index in [0.29, 0.717) is 12.1 Å². The van der Waals surface area contributed by atoms with E-state index in [-0.39, 0.29) is 40.4 Å². The van der Waals surface area contributed by atoms with Gasteiger partial charge in [-0.3, -0.25) is 0 Å². The molecule has 12 heteroatoms. The lowest BCUT2D eigenvalue weighted by molar-refractivity contribution is -0.348. The van der Waals surface area contributed by atoms with Crippen LogP contribution in [0, 0.1) is 0 Å². The Morgan fingerprint density at radius 1 is 0.938 bits per heavy atom. The van der Waals surface area contributed by atoms with Crippen LogP contribution in [0.15, 0.2) is 47.4 Å². The smallest absolute Gasteiger partial charge is 0.312 e. The number of fused-ring (bicyclic) bond motifs is 3. The van der Waals surface area contributed by atoms with Gasteiger partial charge in [0.2, 0.25) is 0 Å². The maximum atomic E-state index is 14.5. The van der Waals surface area contributed by atoms with Crippen LogP contribution in [0.1, 0.15) is 23.1 Å². The molecule has 3 nitrogen and oxygen atoms in total. The number of rotatable bonds is 3. The first kappa shape index (κ1) is 23.3. The summed E-state index contributed by atoms with van der Waals surface area (Å²) in [6.07, 6.45) is -12.6. The van der Waals surface area contributed by atoms with Crippen LogP contribution in [-0.2, 0) is 26.7 Å². The quantitative estimate of drug-likeness (QED) is 0.587. The van der Waals surface area contributed by atoms with Gasteiger partial charge in [0.25, 0.3) is 0 Å². The zero-order valence-electron chi connectivity index (χ0n) is 16.0. The van der Waals surface area contributed by atoms with Crippen molar-refractivity contribution >= 4 is 21.4 Å². The summed E-state index contributed by atoms with van der Waals surface area (Å²) in [4.78, 5) is -0.0852. The van der Waals surface area contributed by atoms with E-state index in [0.717, 1.165) is 6.07 Å². The highest BCUT2D eigenvalue weighted by molar-refractivity contribution is 7.92. The topological polar surface area (TPSA) is 46.2 Å². The second kappa shape index (κ2) is 7.07. The molecule has 2 atom stereocenters. The molecule has 1 heterocycles. The zero-order valence-corrected chi connectivity index (χ0v) is 17.6. The van der Waals surface area contributed by atoms with E-state index in [9.17, 15) is 39.2 Å². The van der Waals surface area contributed by atoms with Crippen molar-refractivity contribution in [3.63, 3.8) is 0 Å². The molecule has 2 aromatic carbocycles. The third-order valence-electron chi connectivity index (χ3n) is 6.22. The Kier molecular flexibility index (Phi) is 5.15. The van der Waals surface area contributed by atoms with Gasteiger partial charge in [-0.05, 0) is 54.8 Å². The predicted octanol–water partition coefficient (Wildman–Crippen LogP) is 5.22. The molecule has 1 saturated heterocycles. The first-order valence-electron chi connectivity index (χ1n) is 9.36. The largest absolute Gasteiger partial charge is 0.435 e. The number of benzene rings is 2. The SMILES string of the molecule is O=S(=O)(c1ccc(Cl)cc1)C12CCNC1Cc1cc(C(F)(C(F)(F)F)C(F)(F)F)ccc12. The summed E-state index contributed by atoms with van der Waals surface area (Å²) in [5.41, 5.74) is -7.22. The van der Waals surface area contributed by atoms with Crippen LogP contribution in [0.2, 0.25) is 5.02 Å². The molecule has 32 heavy (non-hydrogen) atoms. The van der Waals surface area contributed by atoms with Crippen molar-refractivity contribution in [1.29, 1.82) is 0 Å². The molecule has 174 valence electrons. The van der Waals surface area contributed by atoms with Crippen LogP contribution in [0.3, 0.4) is 0 Å². The minimum atomic E-state index is -6.25. The van der Waals surface area contributed by atoms with Crippen LogP contribution in [0.4, 0.5) is 30.7 Å². The molecule has 0 amide bonds. The van der Waals surface area contributed by atoms with Crippen molar-refractivity contribution in [2.24, 2.45) is 0 Å². The number of hydrogen-bond acceptors (Lipinski definition) is 3. The van der Waals surface area contributed by atoms with Crippen LogP contribution in [0.25, 0.3) is 0 Å². The Balaban J connectivity index is 1.89. The molecule has 0 aromatic heterocycles. The fraction of sp³-hybridized carbons (Fsp3) is 0.400. The van der Waals surface area contributed by atoms with Gasteiger partial charge in [-0.25, -0.2) is 12.8 Å². The highest BCUT2D eigenvalue weighted by Crippen LogP contribution is 2.56. The molecular weight excluding hydrogens is 487 g/mol. The molecule has 2 aromatic rings. The fourth-order valence-electron chi connectivity index (χ4n) is 4.72. The first-order chi connectivity index (χ1) is 14.7. The van der Waals surface area contributed by atoms with Crippen LogP contribution in [0.5, 0.6) is 0 Å². The standard InChI is InChI=1S/C20H15ClF7NO2S/c21-13-2-4-14(5-3-13)32(30,31)17-7-8-29-16(17)10-11-9-12(1-6-15(11)17)18(22,19(23,24)25)20(26,27)28/h1-6,9,16,29H,7-8,10H2. The van der Waals surface area contributed by atoms with Crippen molar-refractivity contribution < 1.29 is 39.2 Å². The van der Waals surface area contributed by atoms with Gasteiger partial charge in [-0.2, -0.15) is 26.3 Å². The Bertz CT molecular complexity index is 1150. The summed E-state index contributed by atoms with van der Waals surface area (Å²) >= 11 is 5.82. The normalized spacial score (nSPS) is 23.8. The van der Waals surface area contributed by atoms with Crippen molar-refractivity contribution in [3.05, 3.63) is 64.2 Å². The predicted molar refractivity (Wildman–Crippen MR) is 102 cm³/mol. The molecule has 1 fully saturated rings.